The van der Waals surface area contributed by atoms with Crippen LogP contribution in [-0.2, 0) is 4.79 Å². The summed E-state index contributed by atoms with van der Waals surface area (Å²) in [5.41, 5.74) is 0.591. The number of hydrogen-bond acceptors (Lipinski definition) is 3. The topological polar surface area (TPSA) is 50.1 Å². The van der Waals surface area contributed by atoms with Crippen LogP contribution in [0.5, 0.6) is 5.75 Å². The Morgan fingerprint density at radius 1 is 1.40 bits per heavy atom. The Hall–Kier alpha value is -1.53. The number of halogens is 1. The maximum absolute atomic E-state index is 12.6. The van der Waals surface area contributed by atoms with Crippen LogP contribution in [0.1, 0.15) is 30.7 Å². The summed E-state index contributed by atoms with van der Waals surface area (Å²) in [7, 11) is 1.54. The fraction of sp³-hybridized carbons (Fsp3) is 0.500. The zero-order valence-corrected chi connectivity index (χ0v) is 12.1. The van der Waals surface area contributed by atoms with Crippen LogP contribution < -0.4 is 4.74 Å². The third-order valence-electron chi connectivity index (χ3n) is 4.56. The van der Waals surface area contributed by atoms with Gasteiger partial charge in [0.25, 0.3) is 0 Å². The molecule has 4 heteroatoms. The third kappa shape index (κ3) is 2.29. The van der Waals surface area contributed by atoms with Gasteiger partial charge in [-0.25, -0.2) is 0 Å². The highest BCUT2D eigenvalue weighted by molar-refractivity contribution is 6.30. The van der Waals surface area contributed by atoms with Crippen LogP contribution in [0.2, 0.25) is 5.02 Å². The van der Waals surface area contributed by atoms with Gasteiger partial charge in [0.05, 0.1) is 13.2 Å². The Morgan fingerprint density at radius 2 is 2.10 bits per heavy atom. The van der Waals surface area contributed by atoms with Gasteiger partial charge in [-0.3, -0.25) is 4.79 Å². The van der Waals surface area contributed by atoms with E-state index in [2.05, 4.69) is 6.07 Å². The largest absolute Gasteiger partial charge is 0.496 e. The molecule has 20 heavy (non-hydrogen) atoms. The van der Waals surface area contributed by atoms with Crippen LogP contribution in [0.25, 0.3) is 0 Å². The Labute approximate surface area is 123 Å². The first-order chi connectivity index (χ1) is 9.63. The van der Waals surface area contributed by atoms with Crippen molar-refractivity contribution < 1.29 is 9.53 Å². The third-order valence-corrected chi connectivity index (χ3v) is 4.80. The summed E-state index contributed by atoms with van der Waals surface area (Å²) in [5, 5.41) is 9.95. The minimum Gasteiger partial charge on any atom is -0.496 e. The van der Waals surface area contributed by atoms with Crippen molar-refractivity contribution in [3.8, 4) is 11.8 Å². The molecule has 2 fully saturated rings. The van der Waals surface area contributed by atoms with E-state index in [0.29, 0.717) is 16.3 Å². The van der Waals surface area contributed by atoms with Gasteiger partial charge in [-0.15, -0.1) is 0 Å². The molecule has 0 aromatic heterocycles. The van der Waals surface area contributed by atoms with Crippen molar-refractivity contribution in [3.63, 3.8) is 0 Å². The number of ether oxygens (including phenoxy) is 1. The van der Waals surface area contributed by atoms with Crippen LogP contribution in [0, 0.1) is 29.1 Å². The summed E-state index contributed by atoms with van der Waals surface area (Å²) in [4.78, 5) is 12.6. The van der Waals surface area contributed by atoms with E-state index in [0.717, 1.165) is 24.7 Å². The Bertz CT molecular complexity index is 583. The molecule has 104 valence electrons. The van der Waals surface area contributed by atoms with Crippen molar-refractivity contribution >= 4 is 17.4 Å². The molecule has 0 bridgehead atoms. The second-order valence-electron chi connectivity index (χ2n) is 5.77. The number of Topliss-reactive ketones (excluding diaryl/α,β-unsaturated/α-hetero) is 1. The lowest BCUT2D eigenvalue weighted by Crippen LogP contribution is -2.21. The zero-order chi connectivity index (χ0) is 14.3. The number of carbonyl (C=O) groups is 1. The van der Waals surface area contributed by atoms with E-state index in [1.54, 1.807) is 18.2 Å². The average Bonchev–Trinajstić information content (AvgIpc) is 3.06. The normalized spacial score (nSPS) is 28.4. The summed E-state index contributed by atoms with van der Waals surface area (Å²) >= 11 is 5.99. The average molecular weight is 290 g/mol. The predicted molar refractivity (Wildman–Crippen MR) is 75.7 cm³/mol. The molecular formula is C16H16ClNO2. The van der Waals surface area contributed by atoms with E-state index in [9.17, 15) is 10.1 Å². The fourth-order valence-electron chi connectivity index (χ4n) is 3.40. The summed E-state index contributed by atoms with van der Waals surface area (Å²) in [6.07, 6.45) is 3.16. The smallest absolute Gasteiger partial charge is 0.157 e. The molecule has 3 nitrogen and oxygen atoms in total. The van der Waals surface area contributed by atoms with Crippen molar-refractivity contribution in [3.05, 3.63) is 28.8 Å². The molecule has 0 heterocycles. The molecule has 3 unspecified atom stereocenters. The molecule has 0 radical (unpaired) electrons. The molecule has 2 saturated carbocycles. The number of nitriles is 1. The Morgan fingerprint density at radius 3 is 2.70 bits per heavy atom. The van der Waals surface area contributed by atoms with Crippen molar-refractivity contribution in [2.45, 2.75) is 25.2 Å². The van der Waals surface area contributed by atoms with E-state index in [1.807, 2.05) is 0 Å². The van der Waals surface area contributed by atoms with Gasteiger partial charge in [-0.2, -0.15) is 5.26 Å². The van der Waals surface area contributed by atoms with Gasteiger partial charge in [-0.1, -0.05) is 11.6 Å². The summed E-state index contributed by atoms with van der Waals surface area (Å²) in [5.74, 6) is 1.30. The molecule has 3 atom stereocenters. The SMILES string of the molecule is COc1ccc(Cl)cc1C(C#N)C(=O)C1CC2CC2C1. The van der Waals surface area contributed by atoms with Gasteiger partial charge in [-0.05, 0) is 49.3 Å². The molecule has 0 spiro atoms. The van der Waals surface area contributed by atoms with Crippen molar-refractivity contribution in [2.75, 3.05) is 7.11 Å². The summed E-state index contributed by atoms with van der Waals surface area (Å²) in [6, 6.07) is 7.22. The minimum atomic E-state index is -0.772. The van der Waals surface area contributed by atoms with Gasteiger partial charge in [0, 0.05) is 16.5 Å². The van der Waals surface area contributed by atoms with E-state index in [1.165, 1.54) is 13.5 Å². The van der Waals surface area contributed by atoms with Gasteiger partial charge in [0.2, 0.25) is 0 Å². The first kappa shape index (κ1) is 13.5. The minimum absolute atomic E-state index is 0.0280. The first-order valence-electron chi connectivity index (χ1n) is 6.90. The van der Waals surface area contributed by atoms with Crippen molar-refractivity contribution in [1.82, 2.24) is 0 Å². The maximum atomic E-state index is 12.6. The molecule has 0 aliphatic heterocycles. The highest BCUT2D eigenvalue weighted by Crippen LogP contribution is 2.55. The fourth-order valence-corrected chi connectivity index (χ4v) is 3.58. The van der Waals surface area contributed by atoms with E-state index in [4.69, 9.17) is 16.3 Å². The predicted octanol–water partition coefficient (Wildman–Crippen LogP) is 3.57. The number of methoxy groups -OCH3 is 1. The number of ketones is 1. The van der Waals surface area contributed by atoms with E-state index < -0.39 is 5.92 Å². The first-order valence-corrected chi connectivity index (χ1v) is 7.28. The summed E-state index contributed by atoms with van der Waals surface area (Å²) in [6.45, 7) is 0. The molecular weight excluding hydrogens is 274 g/mol. The van der Waals surface area contributed by atoms with E-state index >= 15 is 0 Å². The van der Waals surface area contributed by atoms with Gasteiger partial charge in [0.15, 0.2) is 5.78 Å². The number of benzene rings is 1. The second-order valence-corrected chi connectivity index (χ2v) is 6.21. The van der Waals surface area contributed by atoms with Crippen LogP contribution in [0.15, 0.2) is 18.2 Å². The van der Waals surface area contributed by atoms with Crippen LogP contribution in [-0.4, -0.2) is 12.9 Å². The maximum Gasteiger partial charge on any atom is 0.157 e. The molecule has 3 rings (SSSR count). The monoisotopic (exact) mass is 289 g/mol. The number of hydrogen-bond donors (Lipinski definition) is 0. The molecule has 1 aromatic carbocycles. The number of carbonyl (C=O) groups excluding carboxylic acids is 1. The van der Waals surface area contributed by atoms with Crippen LogP contribution in [0.4, 0.5) is 0 Å². The lowest BCUT2D eigenvalue weighted by atomic mass is 9.85. The zero-order valence-electron chi connectivity index (χ0n) is 11.3. The summed E-state index contributed by atoms with van der Waals surface area (Å²) < 4.78 is 5.26. The highest BCUT2D eigenvalue weighted by atomic mass is 35.5. The quantitative estimate of drug-likeness (QED) is 0.851. The van der Waals surface area contributed by atoms with Crippen LogP contribution >= 0.6 is 11.6 Å². The van der Waals surface area contributed by atoms with Crippen molar-refractivity contribution in [1.29, 1.82) is 5.26 Å². The standard InChI is InChI=1S/C16H16ClNO2/c1-20-15-3-2-12(17)7-13(15)14(8-18)16(19)11-5-9-4-10(9)6-11/h2-3,7,9-11,14H,4-6H2,1H3. The van der Waals surface area contributed by atoms with Gasteiger partial charge < -0.3 is 4.74 Å². The lowest BCUT2D eigenvalue weighted by Gasteiger charge is -2.17. The number of rotatable bonds is 4. The molecule has 2 aliphatic carbocycles. The molecule has 0 saturated heterocycles. The molecule has 2 aliphatic rings. The molecule has 0 N–H and O–H groups in total. The number of fused-ring (bicyclic) bond motifs is 1. The molecule has 0 amide bonds. The highest BCUT2D eigenvalue weighted by Gasteiger charge is 2.49. The lowest BCUT2D eigenvalue weighted by molar-refractivity contribution is -0.123. The second kappa shape index (κ2) is 5.10. The van der Waals surface area contributed by atoms with Gasteiger partial charge >= 0.3 is 0 Å². The van der Waals surface area contributed by atoms with E-state index in [-0.39, 0.29) is 11.7 Å². The Kier molecular flexibility index (Phi) is 3.43. The number of nitrogens with zero attached hydrogens (tertiary/aromatic N) is 1. The van der Waals surface area contributed by atoms with Crippen LogP contribution in [0.3, 0.4) is 0 Å². The van der Waals surface area contributed by atoms with Gasteiger partial charge in [0.1, 0.15) is 11.7 Å². The Balaban J connectivity index is 1.87. The van der Waals surface area contributed by atoms with Crippen molar-refractivity contribution in [2.24, 2.45) is 17.8 Å². The molecule has 1 aromatic rings.